The number of aryl methyl sites for hydroxylation is 2. The maximum absolute atomic E-state index is 13.0. The highest BCUT2D eigenvalue weighted by molar-refractivity contribution is 5.90. The molecule has 1 fully saturated rings. The van der Waals surface area contributed by atoms with Crippen LogP contribution in [0.25, 0.3) is 0 Å². The van der Waals surface area contributed by atoms with E-state index in [4.69, 9.17) is 0 Å². The number of likely N-dealkylation sites (tertiary alicyclic amines) is 1. The van der Waals surface area contributed by atoms with Crippen molar-refractivity contribution < 1.29 is 9.90 Å². The molecule has 214 valence electrons. The van der Waals surface area contributed by atoms with Crippen LogP contribution in [0.5, 0.6) is 5.75 Å². The van der Waals surface area contributed by atoms with Crippen molar-refractivity contribution in [2.75, 3.05) is 18.4 Å². The summed E-state index contributed by atoms with van der Waals surface area (Å²) in [5.41, 5.74) is 6.06. The van der Waals surface area contributed by atoms with Crippen LogP contribution in [0.2, 0.25) is 0 Å². The van der Waals surface area contributed by atoms with Crippen molar-refractivity contribution in [3.63, 3.8) is 0 Å². The molecule has 2 amide bonds. The van der Waals surface area contributed by atoms with Gasteiger partial charge in [0, 0.05) is 43.8 Å². The average Bonchev–Trinajstić information content (AvgIpc) is 2.89. The first-order chi connectivity index (χ1) is 18.9. The van der Waals surface area contributed by atoms with Crippen LogP contribution in [0.3, 0.4) is 0 Å². The van der Waals surface area contributed by atoms with Gasteiger partial charge in [-0.15, -0.1) is 0 Å². The zero-order valence-corrected chi connectivity index (χ0v) is 25.1. The fraction of sp³-hybridized carbons (Fsp3) is 0.471. The summed E-state index contributed by atoms with van der Waals surface area (Å²) in [7, 11) is 0. The molecule has 0 aliphatic carbocycles. The number of para-hydroxylation sites is 1. The van der Waals surface area contributed by atoms with Crippen LogP contribution in [0.1, 0.15) is 82.2 Å². The van der Waals surface area contributed by atoms with Gasteiger partial charge in [0.1, 0.15) is 5.75 Å². The molecule has 0 unspecified atom stereocenters. The Labute approximate surface area is 240 Å². The van der Waals surface area contributed by atoms with Crippen LogP contribution in [0.4, 0.5) is 10.5 Å². The number of benzene rings is 2. The number of pyridine rings is 1. The molecule has 0 radical (unpaired) electrons. The summed E-state index contributed by atoms with van der Waals surface area (Å²) in [6.45, 7) is 15.7. The summed E-state index contributed by atoms with van der Waals surface area (Å²) in [4.78, 5) is 19.5. The molecular formula is C34H46N4O2. The van der Waals surface area contributed by atoms with Gasteiger partial charge in [0.05, 0.1) is 0 Å². The van der Waals surface area contributed by atoms with Gasteiger partial charge in [-0.3, -0.25) is 9.88 Å². The maximum Gasteiger partial charge on any atom is 0.319 e. The van der Waals surface area contributed by atoms with E-state index in [2.05, 4.69) is 92.4 Å². The molecule has 0 atom stereocenters. The van der Waals surface area contributed by atoms with Crippen molar-refractivity contribution in [3.05, 3.63) is 88.7 Å². The number of amides is 2. The third kappa shape index (κ3) is 7.85. The predicted molar refractivity (Wildman–Crippen MR) is 164 cm³/mol. The van der Waals surface area contributed by atoms with Crippen LogP contribution in [0, 0.1) is 0 Å². The van der Waals surface area contributed by atoms with E-state index in [0.717, 1.165) is 67.7 Å². The highest BCUT2D eigenvalue weighted by Crippen LogP contribution is 2.40. The number of phenolic OH excluding ortho intramolecular Hbond substituents is 1. The van der Waals surface area contributed by atoms with Crippen molar-refractivity contribution in [2.45, 2.75) is 90.6 Å². The molecule has 0 saturated carbocycles. The second-order valence-electron chi connectivity index (χ2n) is 13.2. The maximum atomic E-state index is 13.0. The lowest BCUT2D eigenvalue weighted by Gasteiger charge is -2.32. The zero-order valence-electron chi connectivity index (χ0n) is 25.1. The van der Waals surface area contributed by atoms with Crippen molar-refractivity contribution in [1.82, 2.24) is 15.2 Å². The lowest BCUT2D eigenvalue weighted by molar-refractivity contribution is 0.190. The Balaban J connectivity index is 1.36. The van der Waals surface area contributed by atoms with Gasteiger partial charge >= 0.3 is 6.03 Å². The Morgan fingerprint density at radius 1 is 0.900 bits per heavy atom. The van der Waals surface area contributed by atoms with E-state index in [9.17, 15) is 9.90 Å². The van der Waals surface area contributed by atoms with Gasteiger partial charge < -0.3 is 15.7 Å². The molecular weight excluding hydrogens is 496 g/mol. The molecule has 3 N–H and O–H groups in total. The minimum Gasteiger partial charge on any atom is -0.507 e. The fourth-order valence-electron chi connectivity index (χ4n) is 5.45. The van der Waals surface area contributed by atoms with Gasteiger partial charge in [0.25, 0.3) is 0 Å². The average molecular weight is 543 g/mol. The van der Waals surface area contributed by atoms with Crippen LogP contribution >= 0.6 is 0 Å². The van der Waals surface area contributed by atoms with Gasteiger partial charge in [-0.25, -0.2) is 4.79 Å². The Hall–Kier alpha value is -3.38. The quantitative estimate of drug-likeness (QED) is 0.302. The van der Waals surface area contributed by atoms with Crippen LogP contribution in [-0.2, 0) is 30.2 Å². The number of aromatic nitrogens is 1. The number of anilines is 1. The number of carbonyl (C=O) groups is 1. The van der Waals surface area contributed by atoms with Crippen molar-refractivity contribution >= 4 is 11.7 Å². The largest absolute Gasteiger partial charge is 0.507 e. The predicted octanol–water partition coefficient (Wildman–Crippen LogP) is 6.95. The smallest absolute Gasteiger partial charge is 0.319 e. The Morgan fingerprint density at radius 2 is 1.50 bits per heavy atom. The van der Waals surface area contributed by atoms with Crippen LogP contribution < -0.4 is 10.6 Å². The molecule has 2 heterocycles. The number of piperidine rings is 1. The number of hydrogen-bond acceptors (Lipinski definition) is 4. The first-order valence-electron chi connectivity index (χ1n) is 14.5. The number of rotatable bonds is 7. The van der Waals surface area contributed by atoms with Gasteiger partial charge in [-0.1, -0.05) is 71.9 Å². The topological polar surface area (TPSA) is 77.5 Å². The molecule has 6 heteroatoms. The summed E-state index contributed by atoms with van der Waals surface area (Å²) in [6, 6.07) is 16.5. The van der Waals surface area contributed by atoms with E-state index >= 15 is 0 Å². The van der Waals surface area contributed by atoms with E-state index in [1.54, 1.807) is 0 Å². The molecule has 1 aliphatic rings. The van der Waals surface area contributed by atoms with Crippen LogP contribution in [0.15, 0.2) is 60.9 Å². The van der Waals surface area contributed by atoms with Gasteiger partial charge in [0.15, 0.2) is 0 Å². The summed E-state index contributed by atoms with van der Waals surface area (Å²) >= 11 is 0. The number of aromatic hydroxyl groups is 1. The monoisotopic (exact) mass is 542 g/mol. The standard InChI is InChI=1S/C34H46N4O2/c1-33(2,3)28-21-25(22-29(31(28)39)34(4,5)6)11-12-26-9-7-8-10-30(26)37-32(40)36-27-15-19-38(20-16-27)23-24-13-17-35-18-14-24/h7-10,13-14,17-18,21-22,27,39H,11-12,15-16,19-20,23H2,1-6H3,(H2,36,37,40). The van der Waals surface area contributed by atoms with Crippen molar-refractivity contribution in [2.24, 2.45) is 0 Å². The van der Waals surface area contributed by atoms with Gasteiger partial charge in [-0.2, -0.15) is 0 Å². The van der Waals surface area contributed by atoms with E-state index < -0.39 is 0 Å². The van der Waals surface area contributed by atoms with Gasteiger partial charge in [0.2, 0.25) is 0 Å². The molecule has 1 saturated heterocycles. The molecule has 2 aromatic carbocycles. The molecule has 6 nitrogen and oxygen atoms in total. The molecule has 0 spiro atoms. The minimum atomic E-state index is -0.160. The van der Waals surface area contributed by atoms with Crippen LogP contribution in [-0.4, -0.2) is 40.2 Å². The Kier molecular flexibility index (Phi) is 9.19. The second-order valence-corrected chi connectivity index (χ2v) is 13.2. The zero-order chi connectivity index (χ0) is 28.9. The fourth-order valence-corrected chi connectivity index (χ4v) is 5.45. The van der Waals surface area contributed by atoms with Crippen molar-refractivity contribution in [1.29, 1.82) is 0 Å². The Bertz CT molecular complexity index is 1250. The van der Waals surface area contributed by atoms with Gasteiger partial charge in [-0.05, 0) is 82.5 Å². The minimum absolute atomic E-state index is 0.144. The lowest BCUT2D eigenvalue weighted by atomic mass is 9.78. The molecule has 1 aliphatic heterocycles. The van der Waals surface area contributed by atoms with E-state index in [1.165, 1.54) is 11.1 Å². The summed E-state index contributed by atoms with van der Waals surface area (Å²) in [6.07, 6.45) is 7.16. The highest BCUT2D eigenvalue weighted by atomic mass is 16.3. The summed E-state index contributed by atoms with van der Waals surface area (Å²) in [5.74, 6) is 0.408. The molecule has 1 aromatic heterocycles. The first kappa shape index (κ1) is 29.6. The van der Waals surface area contributed by atoms with E-state index in [-0.39, 0.29) is 22.9 Å². The molecule has 40 heavy (non-hydrogen) atoms. The SMILES string of the molecule is CC(C)(C)c1cc(CCc2ccccc2NC(=O)NC2CCN(Cc3ccncc3)CC2)cc(C(C)(C)C)c1O. The van der Waals surface area contributed by atoms with E-state index in [1.807, 2.05) is 30.6 Å². The number of hydrogen-bond donors (Lipinski definition) is 3. The first-order valence-corrected chi connectivity index (χ1v) is 14.5. The van der Waals surface area contributed by atoms with E-state index in [0.29, 0.717) is 5.75 Å². The number of nitrogens with zero attached hydrogens (tertiary/aromatic N) is 2. The lowest BCUT2D eigenvalue weighted by Crippen LogP contribution is -2.45. The highest BCUT2D eigenvalue weighted by Gasteiger charge is 2.26. The molecule has 4 rings (SSSR count). The normalized spacial score (nSPS) is 15.2. The second kappa shape index (κ2) is 12.4. The summed E-state index contributed by atoms with van der Waals surface area (Å²) < 4.78 is 0. The third-order valence-corrected chi connectivity index (χ3v) is 7.81. The number of urea groups is 1. The number of phenols is 1. The number of carbonyl (C=O) groups excluding carboxylic acids is 1. The number of nitrogens with one attached hydrogen (secondary N) is 2. The van der Waals surface area contributed by atoms with Crippen molar-refractivity contribution in [3.8, 4) is 5.75 Å². The molecule has 0 bridgehead atoms. The summed E-state index contributed by atoms with van der Waals surface area (Å²) in [5, 5.41) is 17.4. The Morgan fingerprint density at radius 3 is 2.10 bits per heavy atom. The third-order valence-electron chi connectivity index (χ3n) is 7.81. The molecule has 3 aromatic rings.